The molecule has 0 aliphatic heterocycles. The largest absolute Gasteiger partial charge is 0.492 e. The lowest BCUT2D eigenvalue weighted by Crippen LogP contribution is -2.15. The third kappa shape index (κ3) is 4.78. The van der Waals surface area contributed by atoms with E-state index in [4.69, 9.17) is 10.5 Å². The van der Waals surface area contributed by atoms with Crippen molar-refractivity contribution >= 4 is 0 Å². The van der Waals surface area contributed by atoms with Crippen molar-refractivity contribution < 1.29 is 4.74 Å². The van der Waals surface area contributed by atoms with Crippen molar-refractivity contribution in [1.82, 2.24) is 4.98 Å². The van der Waals surface area contributed by atoms with E-state index in [-0.39, 0.29) is 6.04 Å². The first-order valence-corrected chi connectivity index (χ1v) is 8.13. The van der Waals surface area contributed by atoms with Crippen molar-refractivity contribution in [3.8, 4) is 5.75 Å². The summed E-state index contributed by atoms with van der Waals surface area (Å²) in [5.74, 6) is 1.63. The Labute approximate surface area is 122 Å². The number of rotatable bonds is 6. The first-order valence-electron chi connectivity index (χ1n) is 8.13. The molecule has 1 fully saturated rings. The number of aromatic nitrogens is 1. The Kier molecular flexibility index (Phi) is 6.31. The van der Waals surface area contributed by atoms with Crippen molar-refractivity contribution in [2.75, 3.05) is 6.61 Å². The highest BCUT2D eigenvalue weighted by molar-refractivity contribution is 5.25. The molecular weight excluding hydrogens is 248 g/mol. The highest BCUT2D eigenvalue weighted by Gasteiger charge is 2.17. The van der Waals surface area contributed by atoms with E-state index in [0.29, 0.717) is 0 Å². The zero-order valence-electron chi connectivity index (χ0n) is 12.7. The van der Waals surface area contributed by atoms with Gasteiger partial charge >= 0.3 is 0 Å². The highest BCUT2D eigenvalue weighted by Crippen LogP contribution is 2.30. The minimum atomic E-state index is 0.0933. The van der Waals surface area contributed by atoms with E-state index in [2.05, 4.69) is 18.0 Å². The van der Waals surface area contributed by atoms with Gasteiger partial charge in [-0.2, -0.15) is 0 Å². The lowest BCUT2D eigenvalue weighted by molar-refractivity contribution is 0.315. The van der Waals surface area contributed by atoms with Gasteiger partial charge in [0.25, 0.3) is 0 Å². The van der Waals surface area contributed by atoms with Crippen molar-refractivity contribution in [2.45, 2.75) is 64.3 Å². The molecule has 1 aromatic heterocycles. The summed E-state index contributed by atoms with van der Waals surface area (Å²) in [6.45, 7) is 2.85. The normalized spacial score (nSPS) is 18.5. The van der Waals surface area contributed by atoms with Crippen LogP contribution in [0.15, 0.2) is 18.5 Å². The molecule has 0 spiro atoms. The van der Waals surface area contributed by atoms with Gasteiger partial charge in [-0.15, -0.1) is 0 Å². The quantitative estimate of drug-likeness (QED) is 0.791. The zero-order valence-corrected chi connectivity index (χ0v) is 12.7. The van der Waals surface area contributed by atoms with Gasteiger partial charge in [-0.25, -0.2) is 0 Å². The number of nitrogens with zero attached hydrogens (tertiary/aromatic N) is 1. The van der Waals surface area contributed by atoms with Gasteiger partial charge < -0.3 is 10.5 Å². The van der Waals surface area contributed by atoms with Gasteiger partial charge in [-0.05, 0) is 30.4 Å². The molecule has 20 heavy (non-hydrogen) atoms. The third-order valence-corrected chi connectivity index (χ3v) is 4.20. The molecule has 1 aromatic rings. The van der Waals surface area contributed by atoms with E-state index in [1.165, 1.54) is 38.5 Å². The number of hydrogen-bond acceptors (Lipinski definition) is 3. The molecule has 0 bridgehead atoms. The molecule has 1 aliphatic rings. The first kappa shape index (κ1) is 15.3. The number of hydrogen-bond donors (Lipinski definition) is 1. The fourth-order valence-electron chi connectivity index (χ4n) is 3.03. The smallest absolute Gasteiger partial charge is 0.137 e. The molecule has 2 N–H and O–H groups in total. The van der Waals surface area contributed by atoms with Gasteiger partial charge in [0, 0.05) is 12.2 Å². The Balaban J connectivity index is 1.91. The molecule has 1 saturated carbocycles. The zero-order chi connectivity index (χ0) is 14.2. The lowest BCUT2D eigenvalue weighted by atomic mass is 9.90. The van der Waals surface area contributed by atoms with Crippen molar-refractivity contribution in [3.63, 3.8) is 0 Å². The predicted octanol–water partition coefficient (Wildman–Crippen LogP) is 4.23. The maximum Gasteiger partial charge on any atom is 0.137 e. The van der Waals surface area contributed by atoms with E-state index >= 15 is 0 Å². The summed E-state index contributed by atoms with van der Waals surface area (Å²) in [4.78, 5) is 4.27. The van der Waals surface area contributed by atoms with Gasteiger partial charge in [0.15, 0.2) is 0 Å². The van der Waals surface area contributed by atoms with Crippen LogP contribution in [0.3, 0.4) is 0 Å². The summed E-state index contributed by atoms with van der Waals surface area (Å²) in [5.41, 5.74) is 7.49. The fourth-order valence-corrected chi connectivity index (χ4v) is 3.03. The average Bonchev–Trinajstić information content (AvgIpc) is 2.74. The SMILES string of the molecule is CCCOc1cncc(C(N)CC2CCCCCC2)c1. The van der Waals surface area contributed by atoms with Crippen LogP contribution in [0.25, 0.3) is 0 Å². The summed E-state index contributed by atoms with van der Waals surface area (Å²) in [6, 6.07) is 2.15. The van der Waals surface area contributed by atoms with Crippen LogP contribution in [0, 0.1) is 5.92 Å². The molecule has 112 valence electrons. The highest BCUT2D eigenvalue weighted by atomic mass is 16.5. The van der Waals surface area contributed by atoms with E-state index in [9.17, 15) is 0 Å². The second-order valence-corrected chi connectivity index (χ2v) is 6.00. The van der Waals surface area contributed by atoms with Gasteiger partial charge in [0.05, 0.1) is 12.8 Å². The Morgan fingerprint density at radius 3 is 2.70 bits per heavy atom. The molecule has 2 rings (SSSR count). The van der Waals surface area contributed by atoms with Crippen LogP contribution in [0.2, 0.25) is 0 Å². The van der Waals surface area contributed by atoms with Crippen molar-refractivity contribution in [1.29, 1.82) is 0 Å². The molecule has 1 unspecified atom stereocenters. The molecular formula is C17H28N2O. The molecule has 0 saturated heterocycles. The van der Waals surface area contributed by atoms with Crippen LogP contribution in [-0.2, 0) is 0 Å². The monoisotopic (exact) mass is 276 g/mol. The summed E-state index contributed by atoms with van der Waals surface area (Å²) >= 11 is 0. The molecule has 3 heteroatoms. The second-order valence-electron chi connectivity index (χ2n) is 6.00. The first-order chi connectivity index (χ1) is 9.79. The maximum absolute atomic E-state index is 6.38. The Hall–Kier alpha value is -1.09. The topological polar surface area (TPSA) is 48.1 Å². The standard InChI is InChI=1S/C17H28N2O/c1-2-9-20-16-11-15(12-19-13-16)17(18)10-14-7-5-3-4-6-8-14/h11-14,17H,2-10,18H2,1H3. The molecule has 0 amide bonds. The Bertz CT molecular complexity index is 386. The summed E-state index contributed by atoms with van der Waals surface area (Å²) < 4.78 is 5.64. The second kappa shape index (κ2) is 8.25. The molecule has 1 atom stereocenters. The van der Waals surface area contributed by atoms with Gasteiger partial charge in [-0.3, -0.25) is 4.98 Å². The van der Waals surface area contributed by atoms with Gasteiger partial charge in [0.1, 0.15) is 5.75 Å². The summed E-state index contributed by atoms with van der Waals surface area (Å²) in [5, 5.41) is 0. The van der Waals surface area contributed by atoms with Crippen LogP contribution >= 0.6 is 0 Å². The maximum atomic E-state index is 6.38. The summed E-state index contributed by atoms with van der Waals surface area (Å²) in [7, 11) is 0. The summed E-state index contributed by atoms with van der Waals surface area (Å²) in [6.07, 6.45) is 14.0. The molecule has 3 nitrogen and oxygen atoms in total. The minimum absolute atomic E-state index is 0.0933. The van der Waals surface area contributed by atoms with E-state index in [1.807, 2.05) is 6.20 Å². The van der Waals surface area contributed by atoms with Gasteiger partial charge in [0.2, 0.25) is 0 Å². The fraction of sp³-hybridized carbons (Fsp3) is 0.706. The number of ether oxygens (including phenoxy) is 1. The Morgan fingerprint density at radius 2 is 2.00 bits per heavy atom. The Morgan fingerprint density at radius 1 is 1.25 bits per heavy atom. The van der Waals surface area contributed by atoms with E-state index in [1.54, 1.807) is 6.20 Å². The third-order valence-electron chi connectivity index (χ3n) is 4.20. The molecule has 0 radical (unpaired) electrons. The van der Waals surface area contributed by atoms with Crippen molar-refractivity contribution in [2.24, 2.45) is 11.7 Å². The van der Waals surface area contributed by atoms with Gasteiger partial charge in [-0.1, -0.05) is 45.4 Å². The molecule has 1 aliphatic carbocycles. The van der Waals surface area contributed by atoms with Crippen LogP contribution < -0.4 is 10.5 Å². The van der Waals surface area contributed by atoms with Crippen LogP contribution in [0.4, 0.5) is 0 Å². The van der Waals surface area contributed by atoms with Crippen LogP contribution in [0.1, 0.15) is 69.9 Å². The van der Waals surface area contributed by atoms with E-state index in [0.717, 1.165) is 36.7 Å². The number of pyridine rings is 1. The van der Waals surface area contributed by atoms with Crippen LogP contribution in [0.5, 0.6) is 5.75 Å². The molecule has 0 aromatic carbocycles. The van der Waals surface area contributed by atoms with E-state index < -0.39 is 0 Å². The molecule has 1 heterocycles. The van der Waals surface area contributed by atoms with Crippen LogP contribution in [-0.4, -0.2) is 11.6 Å². The number of nitrogens with two attached hydrogens (primary N) is 1. The van der Waals surface area contributed by atoms with Crippen molar-refractivity contribution in [3.05, 3.63) is 24.0 Å². The average molecular weight is 276 g/mol. The predicted molar refractivity (Wildman–Crippen MR) is 82.8 cm³/mol. The lowest BCUT2D eigenvalue weighted by Gasteiger charge is -2.19. The minimum Gasteiger partial charge on any atom is -0.492 e.